The van der Waals surface area contributed by atoms with E-state index in [1.165, 1.54) is 6.07 Å². The summed E-state index contributed by atoms with van der Waals surface area (Å²) in [6, 6.07) is 0.927. The van der Waals surface area contributed by atoms with Crippen molar-refractivity contribution in [1.82, 2.24) is 0 Å². The molecular formula is C10H11ClFNO2. The van der Waals surface area contributed by atoms with Crippen LogP contribution in [-0.2, 0) is 0 Å². The summed E-state index contributed by atoms with van der Waals surface area (Å²) < 4.78 is 24.4. The Bertz CT molecular complexity index is 395. The fraction of sp³-hybridized carbons (Fsp3) is 0.400. The second-order valence-corrected chi connectivity index (χ2v) is 3.81. The number of benzene rings is 1. The summed E-state index contributed by atoms with van der Waals surface area (Å²) in [6.45, 7) is 2.51. The number of hydrogen-bond donors (Lipinski definition) is 1. The Balaban J connectivity index is 2.63. The van der Waals surface area contributed by atoms with E-state index in [-0.39, 0.29) is 10.6 Å². The van der Waals surface area contributed by atoms with Gasteiger partial charge in [0.05, 0.1) is 10.6 Å². The first-order chi connectivity index (χ1) is 7.11. The van der Waals surface area contributed by atoms with Crippen LogP contribution in [0.4, 0.5) is 4.39 Å². The second kappa shape index (κ2) is 3.87. The molecule has 1 heterocycles. The van der Waals surface area contributed by atoms with Crippen molar-refractivity contribution in [3.05, 3.63) is 22.5 Å². The van der Waals surface area contributed by atoms with Gasteiger partial charge in [-0.1, -0.05) is 11.6 Å². The Morgan fingerprint density at radius 3 is 2.80 bits per heavy atom. The third kappa shape index (κ3) is 1.75. The highest BCUT2D eigenvalue weighted by Crippen LogP contribution is 2.41. The fourth-order valence-electron chi connectivity index (χ4n) is 1.56. The van der Waals surface area contributed by atoms with Crippen molar-refractivity contribution in [3.63, 3.8) is 0 Å². The molecule has 1 aromatic rings. The number of hydrogen-bond acceptors (Lipinski definition) is 3. The minimum Gasteiger partial charge on any atom is -0.486 e. The first-order valence-electron chi connectivity index (χ1n) is 4.64. The smallest absolute Gasteiger partial charge is 0.169 e. The Morgan fingerprint density at radius 1 is 1.47 bits per heavy atom. The molecule has 0 amide bonds. The summed E-state index contributed by atoms with van der Waals surface area (Å²) in [5.41, 5.74) is 5.95. The summed E-state index contributed by atoms with van der Waals surface area (Å²) in [7, 11) is 0. The lowest BCUT2D eigenvalue weighted by atomic mass is 10.1. The van der Waals surface area contributed by atoms with Crippen LogP contribution in [0.2, 0.25) is 5.02 Å². The molecular weight excluding hydrogens is 221 g/mol. The highest BCUT2D eigenvalue weighted by atomic mass is 35.5. The SMILES string of the molecule is CC(N)c1c(F)c(Cl)cc2c1OCCO2. The van der Waals surface area contributed by atoms with E-state index >= 15 is 0 Å². The van der Waals surface area contributed by atoms with Crippen LogP contribution < -0.4 is 15.2 Å². The fourth-order valence-corrected chi connectivity index (χ4v) is 1.76. The van der Waals surface area contributed by atoms with Crippen LogP contribution in [0.1, 0.15) is 18.5 Å². The second-order valence-electron chi connectivity index (χ2n) is 3.40. The zero-order chi connectivity index (χ0) is 11.0. The van der Waals surface area contributed by atoms with Crippen molar-refractivity contribution in [1.29, 1.82) is 0 Å². The number of rotatable bonds is 1. The van der Waals surface area contributed by atoms with Crippen molar-refractivity contribution in [2.45, 2.75) is 13.0 Å². The molecule has 0 aliphatic carbocycles. The zero-order valence-corrected chi connectivity index (χ0v) is 8.97. The van der Waals surface area contributed by atoms with Gasteiger partial charge in [0.15, 0.2) is 17.3 Å². The number of fused-ring (bicyclic) bond motifs is 1. The van der Waals surface area contributed by atoms with Crippen LogP contribution in [0.3, 0.4) is 0 Å². The van der Waals surface area contributed by atoms with Gasteiger partial charge in [0.25, 0.3) is 0 Å². The van der Waals surface area contributed by atoms with E-state index < -0.39 is 11.9 Å². The molecule has 1 aliphatic heterocycles. The van der Waals surface area contributed by atoms with E-state index in [0.29, 0.717) is 24.7 Å². The Labute approximate surface area is 91.9 Å². The van der Waals surface area contributed by atoms with Gasteiger partial charge in [0.1, 0.15) is 13.2 Å². The number of ether oxygens (including phenoxy) is 2. The average Bonchev–Trinajstić information content (AvgIpc) is 2.19. The molecule has 2 rings (SSSR count). The molecule has 0 fully saturated rings. The lowest BCUT2D eigenvalue weighted by Crippen LogP contribution is -2.19. The molecule has 3 nitrogen and oxygen atoms in total. The van der Waals surface area contributed by atoms with Gasteiger partial charge in [0.2, 0.25) is 0 Å². The maximum Gasteiger partial charge on any atom is 0.169 e. The molecule has 0 radical (unpaired) electrons. The van der Waals surface area contributed by atoms with E-state index in [4.69, 9.17) is 26.8 Å². The third-order valence-electron chi connectivity index (χ3n) is 2.22. The van der Waals surface area contributed by atoms with Crippen LogP contribution in [0.25, 0.3) is 0 Å². The van der Waals surface area contributed by atoms with Crippen LogP contribution in [-0.4, -0.2) is 13.2 Å². The van der Waals surface area contributed by atoms with Crippen LogP contribution >= 0.6 is 11.6 Å². The van der Waals surface area contributed by atoms with Gasteiger partial charge >= 0.3 is 0 Å². The lowest BCUT2D eigenvalue weighted by molar-refractivity contribution is 0.168. The molecule has 0 saturated heterocycles. The van der Waals surface area contributed by atoms with E-state index in [9.17, 15) is 4.39 Å². The van der Waals surface area contributed by atoms with Crippen molar-refractivity contribution in [3.8, 4) is 11.5 Å². The molecule has 1 aromatic carbocycles. The summed E-state index contributed by atoms with van der Waals surface area (Å²) in [6.07, 6.45) is 0. The standard InChI is InChI=1S/C10H11ClFNO2/c1-5(13)8-9(12)6(11)4-7-10(8)15-3-2-14-7/h4-5H,2-3,13H2,1H3. The molecule has 82 valence electrons. The van der Waals surface area contributed by atoms with E-state index in [0.717, 1.165) is 0 Å². The minimum atomic E-state index is -0.532. The molecule has 15 heavy (non-hydrogen) atoms. The van der Waals surface area contributed by atoms with E-state index in [1.54, 1.807) is 6.92 Å². The third-order valence-corrected chi connectivity index (χ3v) is 2.49. The molecule has 1 atom stereocenters. The molecule has 2 N–H and O–H groups in total. The summed E-state index contributed by atoms with van der Waals surface area (Å²) in [5.74, 6) is 0.300. The van der Waals surface area contributed by atoms with Crippen LogP contribution in [0.5, 0.6) is 11.5 Å². The van der Waals surface area contributed by atoms with Gasteiger partial charge < -0.3 is 15.2 Å². The molecule has 0 aromatic heterocycles. The molecule has 0 bridgehead atoms. The normalized spacial score (nSPS) is 16.3. The average molecular weight is 232 g/mol. The zero-order valence-electron chi connectivity index (χ0n) is 8.22. The largest absolute Gasteiger partial charge is 0.486 e. The summed E-state index contributed by atoms with van der Waals surface area (Å²) in [4.78, 5) is 0. The molecule has 5 heteroatoms. The van der Waals surface area contributed by atoms with Gasteiger partial charge in [0, 0.05) is 12.1 Å². The Kier molecular flexibility index (Phi) is 2.71. The first-order valence-corrected chi connectivity index (χ1v) is 5.02. The predicted octanol–water partition coefficient (Wildman–Crippen LogP) is 2.27. The number of nitrogens with two attached hydrogens (primary N) is 1. The Morgan fingerprint density at radius 2 is 2.13 bits per heavy atom. The van der Waals surface area contributed by atoms with E-state index in [1.807, 2.05) is 0 Å². The van der Waals surface area contributed by atoms with Crippen molar-refractivity contribution >= 4 is 11.6 Å². The highest BCUT2D eigenvalue weighted by Gasteiger charge is 2.24. The van der Waals surface area contributed by atoms with Crippen LogP contribution in [0, 0.1) is 5.82 Å². The maximum absolute atomic E-state index is 13.7. The molecule has 1 aliphatic rings. The van der Waals surface area contributed by atoms with Crippen molar-refractivity contribution in [2.24, 2.45) is 5.73 Å². The van der Waals surface area contributed by atoms with Crippen molar-refractivity contribution in [2.75, 3.05) is 13.2 Å². The van der Waals surface area contributed by atoms with Gasteiger partial charge in [-0.25, -0.2) is 4.39 Å². The van der Waals surface area contributed by atoms with Gasteiger partial charge in [-0.2, -0.15) is 0 Å². The predicted molar refractivity (Wildman–Crippen MR) is 55.0 cm³/mol. The van der Waals surface area contributed by atoms with Crippen LogP contribution in [0.15, 0.2) is 6.07 Å². The number of halogens is 2. The lowest BCUT2D eigenvalue weighted by Gasteiger charge is -2.23. The monoisotopic (exact) mass is 231 g/mol. The van der Waals surface area contributed by atoms with Gasteiger partial charge in [-0.05, 0) is 6.92 Å². The highest BCUT2D eigenvalue weighted by molar-refractivity contribution is 6.31. The molecule has 0 saturated carbocycles. The molecule has 1 unspecified atom stereocenters. The topological polar surface area (TPSA) is 44.5 Å². The van der Waals surface area contributed by atoms with E-state index in [2.05, 4.69) is 0 Å². The minimum absolute atomic E-state index is 0.00606. The quantitative estimate of drug-likeness (QED) is 0.807. The maximum atomic E-state index is 13.7. The first kappa shape index (κ1) is 10.5. The summed E-state index contributed by atoms with van der Waals surface area (Å²) in [5, 5.41) is 0.00606. The molecule has 0 spiro atoms. The van der Waals surface area contributed by atoms with Crippen molar-refractivity contribution < 1.29 is 13.9 Å². The Hall–Kier alpha value is -1.00. The summed E-state index contributed by atoms with van der Waals surface area (Å²) >= 11 is 5.73. The van der Waals surface area contributed by atoms with Gasteiger partial charge in [-0.15, -0.1) is 0 Å². The van der Waals surface area contributed by atoms with Gasteiger partial charge in [-0.3, -0.25) is 0 Å².